The molecular weight excluding hydrogens is 417 g/mol. The highest BCUT2D eigenvalue weighted by molar-refractivity contribution is 6.33. The lowest BCUT2D eigenvalue weighted by Gasteiger charge is -2.40. The first-order valence-corrected chi connectivity index (χ1v) is 11.7. The molecule has 2 fully saturated rings. The molecule has 1 aliphatic carbocycles. The second kappa shape index (κ2) is 8.07. The monoisotopic (exact) mass is 443 g/mol. The topological polar surface area (TPSA) is 26.8 Å². The van der Waals surface area contributed by atoms with Crippen LogP contribution in [0, 0.1) is 0 Å². The van der Waals surface area contributed by atoms with Gasteiger partial charge in [-0.25, -0.2) is 0 Å². The molecule has 1 amide bonds. The van der Waals surface area contributed by atoms with Gasteiger partial charge in [-0.2, -0.15) is 0 Å². The Morgan fingerprint density at radius 2 is 1.77 bits per heavy atom. The van der Waals surface area contributed by atoms with Crippen molar-refractivity contribution in [2.75, 3.05) is 29.4 Å². The van der Waals surface area contributed by atoms with Crippen LogP contribution in [0.15, 0.2) is 42.5 Å². The molecule has 0 bridgehead atoms. The molecule has 2 unspecified atom stereocenters. The van der Waals surface area contributed by atoms with Crippen LogP contribution in [-0.4, -0.2) is 42.5 Å². The fourth-order valence-electron chi connectivity index (χ4n) is 5.09. The number of benzene rings is 2. The number of likely N-dealkylation sites (tertiary alicyclic amines) is 1. The molecule has 2 heterocycles. The number of anilines is 2. The van der Waals surface area contributed by atoms with Crippen LogP contribution in [0.2, 0.25) is 10.0 Å². The Morgan fingerprint density at radius 3 is 2.53 bits per heavy atom. The lowest BCUT2D eigenvalue weighted by atomic mass is 10.0. The van der Waals surface area contributed by atoms with Crippen molar-refractivity contribution in [3.05, 3.63) is 58.1 Å². The van der Waals surface area contributed by atoms with Crippen LogP contribution in [0.4, 0.5) is 11.4 Å². The maximum Gasteiger partial charge on any atom is 0.244 e. The zero-order chi connectivity index (χ0) is 20.8. The zero-order valence-corrected chi connectivity index (χ0v) is 18.7. The lowest BCUT2D eigenvalue weighted by molar-refractivity contribution is -0.123. The summed E-state index contributed by atoms with van der Waals surface area (Å²) in [5.74, 6) is 0.209. The van der Waals surface area contributed by atoms with Crippen molar-refractivity contribution in [3.63, 3.8) is 0 Å². The van der Waals surface area contributed by atoms with Gasteiger partial charge < -0.3 is 9.80 Å². The molecule has 1 saturated heterocycles. The van der Waals surface area contributed by atoms with Gasteiger partial charge in [-0.3, -0.25) is 9.69 Å². The number of rotatable bonds is 4. The number of carbonyl (C=O) groups is 1. The van der Waals surface area contributed by atoms with E-state index in [-0.39, 0.29) is 18.0 Å². The highest BCUT2D eigenvalue weighted by Gasteiger charge is 2.41. The number of fused-ring (bicyclic) bond motifs is 1. The molecule has 0 radical (unpaired) electrons. The summed E-state index contributed by atoms with van der Waals surface area (Å²) in [6.07, 6.45) is 4.42. The van der Waals surface area contributed by atoms with Gasteiger partial charge in [0.15, 0.2) is 0 Å². The number of hydrogen-bond acceptors (Lipinski definition) is 3. The normalized spacial score (nSPS) is 22.8. The predicted molar refractivity (Wildman–Crippen MR) is 124 cm³/mol. The highest BCUT2D eigenvalue weighted by atomic mass is 35.5. The molecule has 2 aromatic carbocycles. The smallest absolute Gasteiger partial charge is 0.244 e. The maximum atomic E-state index is 13.8. The standard InChI is InChI=1S/C24H27Cl2N3O/c1-16(19-15-17(25)8-11-20(19)26)27-12-4-7-23(27)24(30)29-14-13-28(18-9-10-18)21-5-2-3-6-22(21)29/h2-3,5-6,8,11,15-16,18,23H,4,7,9-10,12-14H2,1H3. The van der Waals surface area contributed by atoms with Crippen molar-refractivity contribution in [2.45, 2.75) is 50.7 Å². The summed E-state index contributed by atoms with van der Waals surface area (Å²) in [5, 5.41) is 1.38. The van der Waals surface area contributed by atoms with E-state index in [4.69, 9.17) is 23.2 Å². The van der Waals surface area contributed by atoms with Gasteiger partial charge in [0.25, 0.3) is 0 Å². The summed E-state index contributed by atoms with van der Waals surface area (Å²) in [6.45, 7) is 4.69. The lowest BCUT2D eigenvalue weighted by Crippen LogP contribution is -2.51. The summed E-state index contributed by atoms with van der Waals surface area (Å²) < 4.78 is 0. The third-order valence-electron chi connectivity index (χ3n) is 6.79. The number of amides is 1. The Bertz CT molecular complexity index is 961. The molecule has 0 aromatic heterocycles. The minimum absolute atomic E-state index is 0.0376. The number of nitrogens with zero attached hydrogens (tertiary/aromatic N) is 3. The van der Waals surface area contributed by atoms with Gasteiger partial charge in [-0.05, 0) is 75.0 Å². The first kappa shape index (κ1) is 20.2. The van der Waals surface area contributed by atoms with Gasteiger partial charge in [-0.1, -0.05) is 35.3 Å². The van der Waals surface area contributed by atoms with Gasteiger partial charge in [0.05, 0.1) is 17.4 Å². The highest BCUT2D eigenvalue weighted by Crippen LogP contribution is 2.41. The van der Waals surface area contributed by atoms with Crippen molar-refractivity contribution >= 4 is 40.5 Å². The molecule has 0 N–H and O–H groups in total. The second-order valence-electron chi connectivity index (χ2n) is 8.64. The van der Waals surface area contributed by atoms with E-state index >= 15 is 0 Å². The van der Waals surface area contributed by atoms with Crippen LogP contribution < -0.4 is 9.80 Å². The number of carbonyl (C=O) groups excluding carboxylic acids is 1. The zero-order valence-electron chi connectivity index (χ0n) is 17.2. The molecule has 2 aromatic rings. The van der Waals surface area contributed by atoms with Gasteiger partial charge in [-0.15, -0.1) is 0 Å². The first-order valence-electron chi connectivity index (χ1n) is 10.9. The van der Waals surface area contributed by atoms with Crippen LogP contribution in [-0.2, 0) is 4.79 Å². The largest absolute Gasteiger partial charge is 0.365 e. The van der Waals surface area contributed by atoms with Crippen molar-refractivity contribution in [3.8, 4) is 0 Å². The Morgan fingerprint density at radius 1 is 1.00 bits per heavy atom. The van der Waals surface area contributed by atoms with Crippen molar-refractivity contribution in [2.24, 2.45) is 0 Å². The molecule has 0 spiro atoms. The molecule has 2 atom stereocenters. The van der Waals surface area contributed by atoms with E-state index in [1.165, 1.54) is 18.5 Å². The van der Waals surface area contributed by atoms with E-state index in [1.54, 1.807) is 0 Å². The third-order valence-corrected chi connectivity index (χ3v) is 7.36. The molecule has 30 heavy (non-hydrogen) atoms. The van der Waals surface area contributed by atoms with Crippen LogP contribution in [0.25, 0.3) is 0 Å². The molecule has 5 rings (SSSR count). The van der Waals surface area contributed by atoms with Gasteiger partial charge in [0, 0.05) is 35.2 Å². The van der Waals surface area contributed by atoms with Crippen molar-refractivity contribution in [1.29, 1.82) is 0 Å². The Hall–Kier alpha value is -1.75. The molecule has 4 nitrogen and oxygen atoms in total. The van der Waals surface area contributed by atoms with Crippen molar-refractivity contribution < 1.29 is 4.79 Å². The molecule has 6 heteroatoms. The Kier molecular flexibility index (Phi) is 5.42. The van der Waals surface area contributed by atoms with Gasteiger partial charge in [0.1, 0.15) is 0 Å². The summed E-state index contributed by atoms with van der Waals surface area (Å²) in [7, 11) is 0. The van der Waals surface area contributed by atoms with E-state index in [2.05, 4.69) is 34.9 Å². The number of halogens is 2. The molecular formula is C24H27Cl2N3O. The van der Waals surface area contributed by atoms with Crippen LogP contribution in [0.3, 0.4) is 0 Å². The summed E-state index contributed by atoms with van der Waals surface area (Å²) in [6, 6.07) is 14.5. The van der Waals surface area contributed by atoms with E-state index in [0.717, 1.165) is 43.7 Å². The Labute approximate surface area is 188 Å². The molecule has 1 saturated carbocycles. The minimum atomic E-state index is -0.129. The van der Waals surface area contributed by atoms with Crippen LogP contribution in [0.5, 0.6) is 0 Å². The summed E-state index contributed by atoms with van der Waals surface area (Å²) in [4.78, 5) is 20.6. The van der Waals surface area contributed by atoms with Crippen molar-refractivity contribution in [1.82, 2.24) is 4.90 Å². The molecule has 3 aliphatic rings. The van der Waals surface area contributed by atoms with Crippen LogP contribution in [0.1, 0.15) is 44.2 Å². The average Bonchev–Trinajstić information content (AvgIpc) is 3.49. The maximum absolute atomic E-state index is 13.8. The van der Waals surface area contributed by atoms with Crippen LogP contribution >= 0.6 is 23.2 Å². The fraction of sp³-hybridized carbons (Fsp3) is 0.458. The van der Waals surface area contributed by atoms with Gasteiger partial charge in [0.2, 0.25) is 5.91 Å². The van der Waals surface area contributed by atoms with E-state index in [9.17, 15) is 4.79 Å². The van der Waals surface area contributed by atoms with E-state index in [0.29, 0.717) is 16.1 Å². The quantitative estimate of drug-likeness (QED) is 0.620. The molecule has 2 aliphatic heterocycles. The Balaban J connectivity index is 1.41. The first-order chi connectivity index (χ1) is 14.5. The van der Waals surface area contributed by atoms with Gasteiger partial charge >= 0.3 is 0 Å². The summed E-state index contributed by atoms with van der Waals surface area (Å²) >= 11 is 12.7. The third kappa shape index (κ3) is 3.59. The fourth-order valence-corrected chi connectivity index (χ4v) is 5.55. The predicted octanol–water partition coefficient (Wildman–Crippen LogP) is 5.53. The molecule has 158 valence electrons. The number of para-hydroxylation sites is 2. The second-order valence-corrected chi connectivity index (χ2v) is 9.48. The SMILES string of the molecule is CC(c1cc(Cl)ccc1Cl)N1CCCC1C(=O)N1CCN(C2CC2)c2ccccc21. The number of hydrogen-bond donors (Lipinski definition) is 0. The summed E-state index contributed by atoms with van der Waals surface area (Å²) in [5.41, 5.74) is 3.25. The minimum Gasteiger partial charge on any atom is -0.365 e. The van der Waals surface area contributed by atoms with E-state index in [1.807, 2.05) is 29.2 Å². The van der Waals surface area contributed by atoms with E-state index < -0.39 is 0 Å². The average molecular weight is 444 g/mol.